The molecule has 0 N–H and O–H groups in total. The summed E-state index contributed by atoms with van der Waals surface area (Å²) >= 11 is 6.15. The second-order valence-electron chi connectivity index (χ2n) is 7.64. The van der Waals surface area contributed by atoms with Gasteiger partial charge in [0.25, 0.3) is 5.91 Å². The number of aromatic nitrogens is 1. The summed E-state index contributed by atoms with van der Waals surface area (Å²) in [6.45, 7) is 1.69. The number of amides is 1. The molecule has 0 saturated heterocycles. The third-order valence-electron chi connectivity index (χ3n) is 5.34. The molecule has 162 valence electrons. The van der Waals surface area contributed by atoms with E-state index < -0.39 is 0 Å². The Morgan fingerprint density at radius 1 is 0.875 bits per heavy atom. The van der Waals surface area contributed by atoms with Gasteiger partial charge in [-0.25, -0.2) is 0 Å². The second kappa shape index (κ2) is 10.2. The van der Waals surface area contributed by atoms with Crippen LogP contribution in [-0.2, 0) is 19.6 Å². The minimum absolute atomic E-state index is 0.0505. The Morgan fingerprint density at radius 2 is 1.66 bits per heavy atom. The molecule has 0 radical (unpaired) electrons. The lowest BCUT2D eigenvalue weighted by Gasteiger charge is -2.24. The number of methoxy groups -OCH3 is 1. The van der Waals surface area contributed by atoms with Crippen molar-refractivity contribution in [1.82, 2.24) is 9.47 Å². The molecule has 5 heteroatoms. The van der Waals surface area contributed by atoms with E-state index >= 15 is 0 Å². The van der Waals surface area contributed by atoms with Gasteiger partial charge in [-0.3, -0.25) is 4.79 Å². The van der Waals surface area contributed by atoms with E-state index in [1.165, 1.54) is 0 Å². The van der Waals surface area contributed by atoms with Crippen LogP contribution in [0.2, 0.25) is 5.02 Å². The molecule has 0 fully saturated rings. The predicted octanol–water partition coefficient (Wildman–Crippen LogP) is 6.04. The minimum Gasteiger partial charge on any atom is -0.497 e. The van der Waals surface area contributed by atoms with Gasteiger partial charge in [0.1, 0.15) is 5.75 Å². The van der Waals surface area contributed by atoms with Gasteiger partial charge < -0.3 is 14.2 Å². The van der Waals surface area contributed by atoms with Gasteiger partial charge in [0.2, 0.25) is 0 Å². The van der Waals surface area contributed by atoms with Crippen molar-refractivity contribution in [3.63, 3.8) is 0 Å². The monoisotopic (exact) mass is 444 g/mol. The van der Waals surface area contributed by atoms with Crippen molar-refractivity contribution >= 4 is 17.5 Å². The van der Waals surface area contributed by atoms with Crippen LogP contribution in [0.5, 0.6) is 5.75 Å². The van der Waals surface area contributed by atoms with Crippen LogP contribution >= 0.6 is 11.6 Å². The lowest BCUT2D eigenvalue weighted by Crippen LogP contribution is -2.31. The van der Waals surface area contributed by atoms with Gasteiger partial charge in [-0.2, -0.15) is 0 Å². The average molecular weight is 445 g/mol. The summed E-state index contributed by atoms with van der Waals surface area (Å²) in [7, 11) is 1.67. The molecule has 0 aliphatic carbocycles. The van der Waals surface area contributed by atoms with Gasteiger partial charge in [-0.15, -0.1) is 0 Å². The number of carbonyl (C=O) groups is 1. The van der Waals surface area contributed by atoms with Gasteiger partial charge in [-0.1, -0.05) is 60.1 Å². The zero-order valence-electron chi connectivity index (χ0n) is 17.9. The fraction of sp³-hybridized carbons (Fsp3) is 0.148. The van der Waals surface area contributed by atoms with Crippen molar-refractivity contribution in [3.05, 3.63) is 125 Å². The first-order chi connectivity index (χ1) is 15.6. The normalized spacial score (nSPS) is 10.7. The van der Waals surface area contributed by atoms with Crippen molar-refractivity contribution < 1.29 is 9.53 Å². The maximum atomic E-state index is 13.4. The number of benzene rings is 3. The molecule has 0 spiro atoms. The molecule has 0 bridgehead atoms. The zero-order valence-corrected chi connectivity index (χ0v) is 18.7. The Balaban J connectivity index is 1.60. The van der Waals surface area contributed by atoms with Crippen LogP contribution < -0.4 is 4.74 Å². The molecule has 1 heterocycles. The number of rotatable bonds is 8. The fourth-order valence-corrected chi connectivity index (χ4v) is 3.91. The van der Waals surface area contributed by atoms with Crippen LogP contribution in [0.15, 0.2) is 97.2 Å². The molecular weight excluding hydrogens is 420 g/mol. The minimum atomic E-state index is -0.0505. The number of halogens is 1. The van der Waals surface area contributed by atoms with Crippen molar-refractivity contribution in [3.8, 4) is 5.75 Å². The molecule has 4 rings (SSSR count). The molecule has 32 heavy (non-hydrogen) atoms. The van der Waals surface area contributed by atoms with E-state index in [2.05, 4.69) is 16.7 Å². The van der Waals surface area contributed by atoms with Gasteiger partial charge in [0, 0.05) is 35.6 Å². The lowest BCUT2D eigenvalue weighted by atomic mass is 10.1. The Morgan fingerprint density at radius 3 is 2.44 bits per heavy atom. The van der Waals surface area contributed by atoms with E-state index in [1.807, 2.05) is 77.8 Å². The first kappa shape index (κ1) is 21.7. The topological polar surface area (TPSA) is 34.5 Å². The maximum Gasteiger partial charge on any atom is 0.254 e. The summed E-state index contributed by atoms with van der Waals surface area (Å²) < 4.78 is 7.52. The van der Waals surface area contributed by atoms with E-state index in [9.17, 15) is 4.79 Å². The molecule has 1 amide bonds. The summed E-state index contributed by atoms with van der Waals surface area (Å²) in [5, 5.41) is 0.553. The second-order valence-corrected chi connectivity index (χ2v) is 8.07. The number of hydrogen-bond donors (Lipinski definition) is 0. The Labute approximate surface area is 193 Å². The van der Waals surface area contributed by atoms with Crippen LogP contribution in [0.3, 0.4) is 0 Å². The maximum absolute atomic E-state index is 13.4. The molecule has 0 atom stereocenters. The Hall–Kier alpha value is -3.50. The molecule has 4 nitrogen and oxygen atoms in total. The first-order valence-corrected chi connectivity index (χ1v) is 10.9. The predicted molar refractivity (Wildman–Crippen MR) is 128 cm³/mol. The highest BCUT2D eigenvalue weighted by molar-refractivity contribution is 6.30. The fourth-order valence-electron chi connectivity index (χ4n) is 3.72. The molecule has 1 aromatic heterocycles. The third-order valence-corrected chi connectivity index (χ3v) is 5.57. The van der Waals surface area contributed by atoms with Crippen LogP contribution in [-0.4, -0.2) is 22.5 Å². The highest BCUT2D eigenvalue weighted by Gasteiger charge is 2.18. The van der Waals surface area contributed by atoms with Crippen LogP contribution in [0.4, 0.5) is 0 Å². The number of carbonyl (C=O) groups excluding carboxylic acids is 1. The van der Waals surface area contributed by atoms with Gasteiger partial charge in [0.05, 0.1) is 13.7 Å². The molecule has 0 unspecified atom stereocenters. The van der Waals surface area contributed by atoms with E-state index in [1.54, 1.807) is 19.2 Å². The number of hydrogen-bond acceptors (Lipinski definition) is 2. The lowest BCUT2D eigenvalue weighted by molar-refractivity contribution is 0.0726. The van der Waals surface area contributed by atoms with Crippen molar-refractivity contribution in [1.29, 1.82) is 0 Å². The van der Waals surface area contributed by atoms with Crippen LogP contribution in [0.1, 0.15) is 27.2 Å². The van der Waals surface area contributed by atoms with E-state index in [0.29, 0.717) is 30.2 Å². The quantitative estimate of drug-likeness (QED) is 0.332. The standard InChI is InChI=1S/C27H25ClN2O2/c1-32-26-14-5-10-22(16-26)19-29-15-7-13-25(29)20-30(18-21-8-3-2-4-9-21)27(31)23-11-6-12-24(28)17-23/h2-17H,18-20H2,1H3. The van der Waals surface area contributed by atoms with E-state index in [0.717, 1.165) is 22.6 Å². The Kier molecular flexibility index (Phi) is 6.93. The van der Waals surface area contributed by atoms with Crippen molar-refractivity contribution in [2.45, 2.75) is 19.6 Å². The van der Waals surface area contributed by atoms with Gasteiger partial charge in [0.15, 0.2) is 0 Å². The van der Waals surface area contributed by atoms with Crippen LogP contribution in [0, 0.1) is 0 Å². The summed E-state index contributed by atoms with van der Waals surface area (Å²) in [4.78, 5) is 15.3. The third kappa shape index (κ3) is 5.40. The highest BCUT2D eigenvalue weighted by atomic mass is 35.5. The Bertz CT molecular complexity index is 1190. The molecule has 0 aliphatic rings. The van der Waals surface area contributed by atoms with E-state index in [4.69, 9.17) is 16.3 Å². The smallest absolute Gasteiger partial charge is 0.254 e. The number of ether oxygens (including phenoxy) is 1. The average Bonchev–Trinajstić information content (AvgIpc) is 3.25. The van der Waals surface area contributed by atoms with Crippen molar-refractivity contribution in [2.75, 3.05) is 7.11 Å². The van der Waals surface area contributed by atoms with Gasteiger partial charge >= 0.3 is 0 Å². The zero-order chi connectivity index (χ0) is 22.3. The van der Waals surface area contributed by atoms with Crippen molar-refractivity contribution in [2.24, 2.45) is 0 Å². The highest BCUT2D eigenvalue weighted by Crippen LogP contribution is 2.19. The molecule has 0 saturated carbocycles. The summed E-state index contributed by atoms with van der Waals surface area (Å²) in [6, 6.07) is 29.2. The summed E-state index contributed by atoms with van der Waals surface area (Å²) in [5.74, 6) is 0.781. The first-order valence-electron chi connectivity index (χ1n) is 10.5. The van der Waals surface area contributed by atoms with E-state index in [-0.39, 0.29) is 5.91 Å². The largest absolute Gasteiger partial charge is 0.497 e. The molecule has 3 aromatic carbocycles. The molecular formula is C27H25ClN2O2. The van der Waals surface area contributed by atoms with Crippen LogP contribution in [0.25, 0.3) is 0 Å². The number of nitrogens with zero attached hydrogens (tertiary/aromatic N) is 2. The summed E-state index contributed by atoms with van der Waals surface area (Å²) in [5.41, 5.74) is 3.85. The van der Waals surface area contributed by atoms with Gasteiger partial charge in [-0.05, 0) is 53.6 Å². The molecule has 0 aliphatic heterocycles. The summed E-state index contributed by atoms with van der Waals surface area (Å²) in [6.07, 6.45) is 2.04. The SMILES string of the molecule is COc1cccc(Cn2cccc2CN(Cc2ccccc2)C(=O)c2cccc(Cl)c2)c1. The molecule has 4 aromatic rings.